The van der Waals surface area contributed by atoms with E-state index in [1.165, 1.54) is 23.8 Å². The quantitative estimate of drug-likeness (QED) is 0.776. The molecule has 1 aromatic rings. The monoisotopic (exact) mass is 282 g/mol. The van der Waals surface area contributed by atoms with Crippen LogP contribution in [-0.4, -0.2) is 23.7 Å². The molecule has 1 aromatic heterocycles. The second-order valence-electron chi connectivity index (χ2n) is 4.98. The molecule has 2 rings (SSSR count). The molecular weight excluding hydrogens is 264 g/mol. The first-order chi connectivity index (χ1) is 9.06. The summed E-state index contributed by atoms with van der Waals surface area (Å²) in [6, 6.07) is 1.16. The Kier molecular flexibility index (Phi) is 4.09. The lowest BCUT2D eigenvalue weighted by Crippen LogP contribution is -2.43. The molecule has 0 atom stereocenters. The van der Waals surface area contributed by atoms with Crippen LogP contribution in [-0.2, 0) is 0 Å². The van der Waals surface area contributed by atoms with Crippen molar-refractivity contribution in [2.75, 3.05) is 11.9 Å². The number of amides is 2. The molecule has 1 heterocycles. The fraction of sp³-hybridized carbons (Fsp3) is 0.538. The van der Waals surface area contributed by atoms with Gasteiger partial charge in [-0.05, 0) is 36.1 Å². The van der Waals surface area contributed by atoms with Crippen LogP contribution in [0.5, 0.6) is 0 Å². The number of nitrogens with one attached hydrogen (secondary N) is 2. The zero-order chi connectivity index (χ0) is 13.9. The Morgan fingerprint density at radius 1 is 1.47 bits per heavy atom. The van der Waals surface area contributed by atoms with Crippen molar-refractivity contribution < 1.29 is 14.7 Å². The van der Waals surface area contributed by atoms with Crippen LogP contribution in [0.3, 0.4) is 0 Å². The number of anilines is 1. The predicted octanol–water partition coefficient (Wildman–Crippen LogP) is 3.15. The SMILES string of the molecule is CCC1(CNC(=O)Nc2sccc2C(=O)O)CCC1. The number of carboxylic acid groups (broad SMARTS) is 1. The minimum atomic E-state index is -1.03. The lowest BCUT2D eigenvalue weighted by molar-refractivity contribution is 0.0698. The zero-order valence-electron chi connectivity index (χ0n) is 10.9. The molecular formula is C13H18N2O3S. The Morgan fingerprint density at radius 2 is 2.21 bits per heavy atom. The Balaban J connectivity index is 1.87. The number of rotatable bonds is 5. The van der Waals surface area contributed by atoms with Crippen LogP contribution in [0, 0.1) is 5.41 Å². The molecule has 5 nitrogen and oxygen atoms in total. The summed E-state index contributed by atoms with van der Waals surface area (Å²) in [7, 11) is 0. The Labute approximate surface area is 116 Å². The highest BCUT2D eigenvalue weighted by molar-refractivity contribution is 7.14. The first-order valence-electron chi connectivity index (χ1n) is 6.42. The molecule has 1 saturated carbocycles. The fourth-order valence-corrected chi connectivity index (χ4v) is 3.10. The van der Waals surface area contributed by atoms with Gasteiger partial charge in [0.2, 0.25) is 0 Å². The number of hydrogen-bond donors (Lipinski definition) is 3. The molecule has 3 N–H and O–H groups in total. The summed E-state index contributed by atoms with van der Waals surface area (Å²) < 4.78 is 0. The van der Waals surface area contributed by atoms with E-state index in [4.69, 9.17) is 5.11 Å². The second kappa shape index (κ2) is 5.61. The smallest absolute Gasteiger partial charge is 0.338 e. The highest BCUT2D eigenvalue weighted by Gasteiger charge is 2.35. The minimum absolute atomic E-state index is 0.133. The summed E-state index contributed by atoms with van der Waals surface area (Å²) >= 11 is 1.21. The van der Waals surface area contributed by atoms with Crippen molar-refractivity contribution in [1.29, 1.82) is 0 Å². The third-order valence-corrected chi connectivity index (χ3v) is 4.74. The van der Waals surface area contributed by atoms with Crippen molar-refractivity contribution in [3.05, 3.63) is 17.0 Å². The van der Waals surface area contributed by atoms with Gasteiger partial charge in [0.25, 0.3) is 0 Å². The average molecular weight is 282 g/mol. The topological polar surface area (TPSA) is 78.4 Å². The highest BCUT2D eigenvalue weighted by atomic mass is 32.1. The number of carboxylic acids is 1. The van der Waals surface area contributed by atoms with Crippen LogP contribution in [0.25, 0.3) is 0 Å². The number of carbonyl (C=O) groups is 2. The van der Waals surface area contributed by atoms with Crippen molar-refractivity contribution in [2.45, 2.75) is 32.6 Å². The van der Waals surface area contributed by atoms with E-state index in [-0.39, 0.29) is 17.0 Å². The normalized spacial score (nSPS) is 16.5. The number of hydrogen-bond acceptors (Lipinski definition) is 3. The van der Waals surface area contributed by atoms with Gasteiger partial charge in [0.05, 0.1) is 5.56 Å². The maximum absolute atomic E-state index is 11.8. The lowest BCUT2D eigenvalue weighted by Gasteiger charge is -2.41. The van der Waals surface area contributed by atoms with Gasteiger partial charge in [-0.15, -0.1) is 11.3 Å². The van der Waals surface area contributed by atoms with Crippen LogP contribution < -0.4 is 10.6 Å². The molecule has 1 aliphatic rings. The van der Waals surface area contributed by atoms with Crippen LogP contribution in [0.1, 0.15) is 43.0 Å². The molecule has 1 fully saturated rings. The second-order valence-corrected chi connectivity index (χ2v) is 5.90. The first kappa shape index (κ1) is 13.9. The largest absolute Gasteiger partial charge is 0.478 e. The van der Waals surface area contributed by atoms with E-state index in [0.717, 1.165) is 19.3 Å². The first-order valence-corrected chi connectivity index (χ1v) is 7.30. The summed E-state index contributed by atoms with van der Waals surface area (Å²) in [5, 5.41) is 16.4. The molecule has 0 radical (unpaired) electrons. The maximum atomic E-state index is 11.8. The number of aromatic carboxylic acids is 1. The number of urea groups is 1. The molecule has 0 spiro atoms. The summed E-state index contributed by atoms with van der Waals surface area (Å²) in [4.78, 5) is 22.7. The molecule has 0 unspecified atom stereocenters. The predicted molar refractivity (Wildman–Crippen MR) is 74.9 cm³/mol. The Bertz CT molecular complexity index is 474. The van der Waals surface area contributed by atoms with Crippen molar-refractivity contribution in [3.63, 3.8) is 0 Å². The molecule has 6 heteroatoms. The van der Waals surface area contributed by atoms with Gasteiger partial charge in [-0.25, -0.2) is 9.59 Å². The van der Waals surface area contributed by atoms with Gasteiger partial charge >= 0.3 is 12.0 Å². The highest BCUT2D eigenvalue weighted by Crippen LogP contribution is 2.43. The van der Waals surface area contributed by atoms with Gasteiger partial charge in [-0.3, -0.25) is 5.32 Å². The van der Waals surface area contributed by atoms with Gasteiger partial charge < -0.3 is 10.4 Å². The van der Waals surface area contributed by atoms with Crippen LogP contribution in [0.15, 0.2) is 11.4 Å². The molecule has 0 aromatic carbocycles. The van der Waals surface area contributed by atoms with Crippen LogP contribution in [0.4, 0.5) is 9.80 Å². The van der Waals surface area contributed by atoms with Crippen molar-refractivity contribution in [1.82, 2.24) is 5.32 Å². The zero-order valence-corrected chi connectivity index (χ0v) is 11.7. The van der Waals surface area contributed by atoms with E-state index < -0.39 is 5.97 Å². The number of carbonyl (C=O) groups excluding carboxylic acids is 1. The van der Waals surface area contributed by atoms with Gasteiger partial charge in [0.1, 0.15) is 5.00 Å². The third kappa shape index (κ3) is 3.07. The summed E-state index contributed by atoms with van der Waals surface area (Å²) in [5.41, 5.74) is 0.386. The number of thiophene rings is 1. The lowest BCUT2D eigenvalue weighted by atomic mass is 9.67. The standard InChI is InChI=1S/C13H18N2O3S/c1-2-13(5-3-6-13)8-14-12(18)15-10-9(11(16)17)4-7-19-10/h4,7H,2-3,5-6,8H2,1H3,(H,16,17)(H2,14,15,18). The van der Waals surface area contributed by atoms with E-state index in [0.29, 0.717) is 11.5 Å². The van der Waals surface area contributed by atoms with E-state index in [1.54, 1.807) is 5.38 Å². The van der Waals surface area contributed by atoms with E-state index >= 15 is 0 Å². The third-order valence-electron chi connectivity index (χ3n) is 3.91. The van der Waals surface area contributed by atoms with E-state index in [1.807, 2.05) is 0 Å². The summed E-state index contributed by atoms with van der Waals surface area (Å²) in [5.74, 6) is -1.03. The van der Waals surface area contributed by atoms with Gasteiger partial charge in [-0.1, -0.05) is 13.3 Å². The summed E-state index contributed by atoms with van der Waals surface area (Å²) in [6.07, 6.45) is 4.60. The van der Waals surface area contributed by atoms with Crippen LogP contribution >= 0.6 is 11.3 Å². The minimum Gasteiger partial charge on any atom is -0.478 e. The van der Waals surface area contributed by atoms with Crippen LogP contribution in [0.2, 0.25) is 0 Å². The summed E-state index contributed by atoms with van der Waals surface area (Å²) in [6.45, 7) is 2.80. The van der Waals surface area contributed by atoms with E-state index in [2.05, 4.69) is 17.6 Å². The molecule has 104 valence electrons. The molecule has 0 aliphatic heterocycles. The molecule has 0 bridgehead atoms. The average Bonchev–Trinajstić information content (AvgIpc) is 2.76. The van der Waals surface area contributed by atoms with Gasteiger partial charge in [0, 0.05) is 6.54 Å². The van der Waals surface area contributed by atoms with Gasteiger partial charge in [0.15, 0.2) is 0 Å². The van der Waals surface area contributed by atoms with Crippen molar-refractivity contribution in [3.8, 4) is 0 Å². The molecule has 1 aliphatic carbocycles. The molecule has 2 amide bonds. The molecule has 19 heavy (non-hydrogen) atoms. The fourth-order valence-electron chi connectivity index (χ4n) is 2.32. The maximum Gasteiger partial charge on any atom is 0.338 e. The van der Waals surface area contributed by atoms with Gasteiger partial charge in [-0.2, -0.15) is 0 Å². The van der Waals surface area contributed by atoms with Crippen molar-refractivity contribution in [2.24, 2.45) is 5.41 Å². The van der Waals surface area contributed by atoms with Crippen molar-refractivity contribution >= 4 is 28.3 Å². The Hall–Kier alpha value is -1.56. The Morgan fingerprint density at radius 3 is 2.74 bits per heavy atom. The molecule has 0 saturated heterocycles. The van der Waals surface area contributed by atoms with E-state index in [9.17, 15) is 9.59 Å².